The maximum atomic E-state index is 13.6. The number of methoxy groups -OCH3 is 1. The molecule has 2 aliphatic heterocycles. The van der Waals surface area contributed by atoms with Crippen LogP contribution in [0, 0.1) is 23.2 Å². The average Bonchev–Trinajstić information content (AvgIpc) is 3.72. The molecule has 1 saturated heterocycles. The van der Waals surface area contributed by atoms with Crippen LogP contribution in [-0.2, 0) is 33.2 Å². The van der Waals surface area contributed by atoms with Crippen LogP contribution in [0.3, 0.4) is 0 Å². The Morgan fingerprint density at radius 2 is 1.73 bits per heavy atom. The van der Waals surface area contributed by atoms with Gasteiger partial charge in [-0.2, -0.15) is 0 Å². The van der Waals surface area contributed by atoms with Crippen molar-refractivity contribution in [1.82, 2.24) is 15.6 Å². The lowest BCUT2D eigenvalue weighted by atomic mass is 9.64. The molecule has 1 aromatic rings. The number of amides is 2. The van der Waals surface area contributed by atoms with Gasteiger partial charge in [-0.05, 0) is 64.2 Å². The van der Waals surface area contributed by atoms with E-state index in [0.717, 1.165) is 18.4 Å². The Kier molecular flexibility index (Phi) is 13.4. The molecule has 0 saturated carbocycles. The molecule has 1 aromatic heterocycles. The quantitative estimate of drug-likeness (QED) is 0.128. The van der Waals surface area contributed by atoms with Crippen LogP contribution in [0.25, 0.3) is 0 Å². The maximum Gasteiger partial charge on any atom is 0.407 e. The minimum atomic E-state index is -0.930. The summed E-state index contributed by atoms with van der Waals surface area (Å²) in [6, 6.07) is 3.36. The Morgan fingerprint density at radius 3 is 2.33 bits per heavy atom. The number of cyclic esters (lactones) is 1. The predicted molar refractivity (Wildman–Crippen MR) is 189 cm³/mol. The van der Waals surface area contributed by atoms with Crippen molar-refractivity contribution in [3.05, 3.63) is 47.8 Å². The van der Waals surface area contributed by atoms with Gasteiger partial charge in [0.1, 0.15) is 36.2 Å². The topological polar surface area (TPSA) is 164 Å². The van der Waals surface area contributed by atoms with Crippen molar-refractivity contribution >= 4 is 24.1 Å². The van der Waals surface area contributed by atoms with Gasteiger partial charge in [-0.25, -0.2) is 19.2 Å². The molecular weight excluding hydrogens is 658 g/mol. The second-order valence-corrected chi connectivity index (χ2v) is 14.5. The number of nitrogens with one attached hydrogen (secondary N) is 3. The van der Waals surface area contributed by atoms with E-state index in [-0.39, 0.29) is 24.0 Å². The minimum Gasteiger partial charge on any atom is -0.456 e. The Balaban J connectivity index is 1.73. The highest BCUT2D eigenvalue weighted by molar-refractivity contribution is 5.87. The fourth-order valence-corrected chi connectivity index (χ4v) is 7.57. The van der Waals surface area contributed by atoms with Gasteiger partial charge in [0.15, 0.2) is 6.10 Å². The van der Waals surface area contributed by atoms with E-state index < -0.39 is 77.7 Å². The monoisotopic (exact) mass is 715 g/mol. The number of aromatic nitrogens is 1. The number of aromatic amines is 1. The number of esters is 2. The average molecular weight is 716 g/mol. The summed E-state index contributed by atoms with van der Waals surface area (Å²) in [7, 11) is 1.47. The maximum absolute atomic E-state index is 13.6. The number of rotatable bonds is 13. The van der Waals surface area contributed by atoms with Crippen LogP contribution < -0.4 is 10.6 Å². The largest absolute Gasteiger partial charge is 0.456 e. The number of fused-ring (bicyclic) bond motifs is 1. The van der Waals surface area contributed by atoms with Crippen molar-refractivity contribution in [2.45, 2.75) is 123 Å². The molecule has 284 valence electrons. The predicted octanol–water partition coefficient (Wildman–Crippen LogP) is 5.86. The van der Waals surface area contributed by atoms with Gasteiger partial charge in [-0.1, -0.05) is 52.8 Å². The molecular formula is C38H57N3O10. The summed E-state index contributed by atoms with van der Waals surface area (Å²) in [5.74, 6) is -2.28. The van der Waals surface area contributed by atoms with Crippen LogP contribution in [0.2, 0.25) is 0 Å². The van der Waals surface area contributed by atoms with Gasteiger partial charge in [0.05, 0.1) is 5.60 Å². The lowest BCUT2D eigenvalue weighted by Gasteiger charge is -2.42. The van der Waals surface area contributed by atoms with E-state index in [0.29, 0.717) is 19.5 Å². The third-order valence-electron chi connectivity index (χ3n) is 10.6. The summed E-state index contributed by atoms with van der Waals surface area (Å²) in [6.45, 7) is 16.2. The summed E-state index contributed by atoms with van der Waals surface area (Å²) in [5.41, 5.74) is -0.337. The van der Waals surface area contributed by atoms with E-state index in [2.05, 4.69) is 34.7 Å². The van der Waals surface area contributed by atoms with E-state index in [1.807, 2.05) is 40.7 Å². The molecule has 13 nitrogen and oxygen atoms in total. The molecule has 0 unspecified atom stereocenters. The van der Waals surface area contributed by atoms with Gasteiger partial charge in [0, 0.05) is 49.6 Å². The third-order valence-corrected chi connectivity index (χ3v) is 10.6. The summed E-state index contributed by atoms with van der Waals surface area (Å²) < 4.78 is 36.7. The van der Waals surface area contributed by atoms with Crippen LogP contribution in [0.4, 0.5) is 9.59 Å². The van der Waals surface area contributed by atoms with Crippen LogP contribution in [0.5, 0.6) is 0 Å². The van der Waals surface area contributed by atoms with Crippen molar-refractivity contribution in [2.75, 3.05) is 20.2 Å². The molecule has 3 N–H and O–H groups in total. The second kappa shape index (κ2) is 17.1. The highest BCUT2D eigenvalue weighted by Crippen LogP contribution is 2.58. The Morgan fingerprint density at radius 1 is 1.06 bits per heavy atom. The Hall–Kier alpha value is -3.84. The summed E-state index contributed by atoms with van der Waals surface area (Å²) in [4.78, 5) is 55.1. The molecule has 11 atom stereocenters. The van der Waals surface area contributed by atoms with Crippen molar-refractivity contribution in [1.29, 1.82) is 0 Å². The van der Waals surface area contributed by atoms with Gasteiger partial charge in [-0.15, -0.1) is 0 Å². The Bertz CT molecular complexity index is 1430. The normalized spacial score (nSPS) is 31.1. The van der Waals surface area contributed by atoms with Crippen molar-refractivity contribution < 1.29 is 47.6 Å². The van der Waals surface area contributed by atoms with E-state index in [1.165, 1.54) is 7.11 Å². The zero-order chi connectivity index (χ0) is 37.5. The summed E-state index contributed by atoms with van der Waals surface area (Å²) >= 11 is 0. The summed E-state index contributed by atoms with van der Waals surface area (Å²) in [5, 5.41) is 5.45. The lowest BCUT2D eigenvalue weighted by Crippen LogP contribution is -2.48. The fourth-order valence-electron chi connectivity index (χ4n) is 7.57. The highest BCUT2D eigenvalue weighted by atomic mass is 16.6. The van der Waals surface area contributed by atoms with E-state index in [9.17, 15) is 19.2 Å². The van der Waals surface area contributed by atoms with Gasteiger partial charge >= 0.3 is 24.1 Å². The summed E-state index contributed by atoms with van der Waals surface area (Å²) in [6.07, 6.45) is 4.34. The highest BCUT2D eigenvalue weighted by Gasteiger charge is 2.62. The van der Waals surface area contributed by atoms with E-state index >= 15 is 0 Å². The smallest absolute Gasteiger partial charge is 0.407 e. The number of alkyl carbamates (subject to hydrolysis) is 2. The molecule has 1 spiro atoms. The molecule has 2 amide bonds. The first kappa shape index (κ1) is 39.9. The molecule has 51 heavy (non-hydrogen) atoms. The van der Waals surface area contributed by atoms with Gasteiger partial charge < -0.3 is 44.0 Å². The zero-order valence-corrected chi connectivity index (χ0v) is 31.5. The first-order chi connectivity index (χ1) is 24.2. The number of carbonyl (C=O) groups is 4. The number of hydrogen-bond acceptors (Lipinski definition) is 10. The second-order valence-electron chi connectivity index (χ2n) is 14.5. The van der Waals surface area contributed by atoms with Crippen LogP contribution in [0.1, 0.15) is 91.6 Å². The molecule has 1 fully saturated rings. The van der Waals surface area contributed by atoms with Crippen molar-refractivity contribution in [3.63, 3.8) is 0 Å². The molecule has 2 bridgehead atoms. The van der Waals surface area contributed by atoms with Crippen LogP contribution in [-0.4, -0.2) is 91.5 Å². The zero-order valence-electron chi connectivity index (χ0n) is 31.5. The number of hydrogen-bond donors (Lipinski definition) is 3. The molecule has 13 heteroatoms. The molecule has 0 aromatic carbocycles. The first-order valence-corrected chi connectivity index (χ1v) is 18.2. The fraction of sp³-hybridized carbons (Fsp3) is 0.684. The molecule has 4 rings (SSSR count). The standard InChI is InChI=1S/C38H57N3O10/c1-10-16-40-35(44)47-25(6)24(5)31(50-33(42)28-13-12-18-39-28)32-37(8)15-14-27-20-29(46-9)34(43)49-30(26(7)48-36(45)41-17-11-2)22(3)19-23(4)38(27,21-37)51-32/h12-15,18-19,22,24-27,29-32,39H,10-11,16-17,20-21H2,1-9H3,(H,40,44)(H,41,45)/t22-,24-,25+,26-,27-,29+,30+,31-,32+,37-,38+/m1/s1. The molecule has 3 heterocycles. The van der Waals surface area contributed by atoms with Gasteiger partial charge in [-0.3, -0.25) is 0 Å². The van der Waals surface area contributed by atoms with Gasteiger partial charge in [0.25, 0.3) is 0 Å². The van der Waals surface area contributed by atoms with Crippen LogP contribution in [0.15, 0.2) is 42.1 Å². The number of ether oxygens (including phenoxy) is 6. The van der Waals surface area contributed by atoms with Crippen LogP contribution >= 0.6 is 0 Å². The Labute approximate surface area is 301 Å². The van der Waals surface area contributed by atoms with Crippen molar-refractivity contribution in [2.24, 2.45) is 23.2 Å². The molecule has 1 aliphatic carbocycles. The minimum absolute atomic E-state index is 0.257. The lowest BCUT2D eigenvalue weighted by molar-refractivity contribution is -0.172. The number of carbonyl (C=O) groups excluding carboxylic acids is 4. The molecule has 0 radical (unpaired) electrons. The third kappa shape index (κ3) is 8.97. The van der Waals surface area contributed by atoms with E-state index in [4.69, 9.17) is 28.4 Å². The van der Waals surface area contributed by atoms with Crippen molar-refractivity contribution in [3.8, 4) is 0 Å². The van der Waals surface area contributed by atoms with Gasteiger partial charge in [0.2, 0.25) is 0 Å². The molecule has 3 aliphatic rings. The first-order valence-electron chi connectivity index (χ1n) is 18.2. The SMILES string of the molecule is CCCNC(=O)O[C@@H](C)[C@@H](C)[C@@H](OC(=O)c1ccc[nH]1)[C@@H]1O[C@]23C[C@@]1(C)C=C[C@@H]2C[C@H](OC)C(=O)O[C@H]([C@@H](C)OC(=O)NCCC)[C@H](C)C=C3C. The van der Waals surface area contributed by atoms with E-state index in [1.54, 1.807) is 32.2 Å². The number of H-pyrrole nitrogens is 1.